The van der Waals surface area contributed by atoms with Crippen LogP contribution in [0.4, 0.5) is 0 Å². The van der Waals surface area contributed by atoms with E-state index < -0.39 is 0 Å². The molecule has 0 aromatic carbocycles. The van der Waals surface area contributed by atoms with Crippen LogP contribution in [0.15, 0.2) is 0 Å². The number of hydrogen-bond donors (Lipinski definition) is 0. The lowest BCUT2D eigenvalue weighted by Crippen LogP contribution is -2.07. The Bertz CT molecular complexity index is 353. The zero-order valence-electron chi connectivity index (χ0n) is 14.2. The van der Waals surface area contributed by atoms with Crippen LogP contribution >= 0.6 is 0 Å². The number of carbonyl (C=O) groups is 4. The lowest BCUT2D eigenvalue weighted by molar-refractivity contribution is -0.144. The monoisotopic (exact) mass is 328 g/mol. The second-order valence-corrected chi connectivity index (χ2v) is 5.25. The van der Waals surface area contributed by atoms with Crippen molar-refractivity contribution in [2.24, 2.45) is 0 Å². The summed E-state index contributed by atoms with van der Waals surface area (Å²) in [4.78, 5) is 45.4. The maximum Gasteiger partial charge on any atom is 0.305 e. The van der Waals surface area contributed by atoms with Crippen molar-refractivity contribution in [3.05, 3.63) is 0 Å². The van der Waals surface area contributed by atoms with Gasteiger partial charge in [0.05, 0.1) is 13.2 Å². The van der Waals surface area contributed by atoms with Gasteiger partial charge in [0.1, 0.15) is 11.6 Å². The van der Waals surface area contributed by atoms with Crippen molar-refractivity contribution in [2.75, 3.05) is 13.2 Å². The normalized spacial score (nSPS) is 10.2. The van der Waals surface area contributed by atoms with Crippen LogP contribution in [0.25, 0.3) is 0 Å². The van der Waals surface area contributed by atoms with E-state index in [-0.39, 0.29) is 36.3 Å². The van der Waals surface area contributed by atoms with Crippen LogP contribution in [0.2, 0.25) is 0 Å². The van der Waals surface area contributed by atoms with Gasteiger partial charge in [-0.25, -0.2) is 0 Å². The summed E-state index contributed by atoms with van der Waals surface area (Å²) in [5.74, 6) is -0.434. The number of esters is 2. The fraction of sp³-hybridized carbons (Fsp3) is 0.765. The van der Waals surface area contributed by atoms with Gasteiger partial charge in [-0.05, 0) is 33.1 Å². The maximum absolute atomic E-state index is 11.6. The number of ketones is 2. The van der Waals surface area contributed by atoms with Crippen molar-refractivity contribution >= 4 is 23.5 Å². The molecular formula is C17H28O6. The molecule has 6 heteroatoms. The zero-order chi connectivity index (χ0) is 17.5. The largest absolute Gasteiger partial charge is 0.466 e. The van der Waals surface area contributed by atoms with Gasteiger partial charge < -0.3 is 9.47 Å². The van der Waals surface area contributed by atoms with Crippen molar-refractivity contribution in [3.63, 3.8) is 0 Å². The Balaban J connectivity index is 3.57. The van der Waals surface area contributed by atoms with E-state index in [0.29, 0.717) is 58.2 Å². The van der Waals surface area contributed by atoms with Gasteiger partial charge in [0.2, 0.25) is 0 Å². The summed E-state index contributed by atoms with van der Waals surface area (Å²) in [6.45, 7) is 4.19. The number of Topliss-reactive ketones (excluding diaryl/α,β-unsaturated/α-hetero) is 2. The molecule has 6 nitrogen and oxygen atoms in total. The van der Waals surface area contributed by atoms with Gasteiger partial charge in [0.15, 0.2) is 0 Å². The van der Waals surface area contributed by atoms with Gasteiger partial charge in [0, 0.05) is 38.5 Å². The fourth-order valence-electron chi connectivity index (χ4n) is 2.06. The summed E-state index contributed by atoms with van der Waals surface area (Å²) in [7, 11) is 0. The van der Waals surface area contributed by atoms with Crippen molar-refractivity contribution in [1.82, 2.24) is 0 Å². The number of ether oxygens (including phenoxy) is 2. The molecule has 0 spiro atoms. The Morgan fingerprint density at radius 3 is 1.17 bits per heavy atom. The highest BCUT2D eigenvalue weighted by molar-refractivity contribution is 5.81. The molecule has 0 N–H and O–H groups in total. The molecule has 0 saturated heterocycles. The molecule has 23 heavy (non-hydrogen) atoms. The first-order valence-electron chi connectivity index (χ1n) is 8.34. The molecule has 0 aromatic rings. The molecule has 0 heterocycles. The van der Waals surface area contributed by atoms with Crippen molar-refractivity contribution < 1.29 is 28.7 Å². The molecule has 0 radical (unpaired) electrons. The first-order valence-corrected chi connectivity index (χ1v) is 8.34. The molecule has 0 aromatic heterocycles. The standard InChI is InChI=1S/C17H28O6/c1-3-22-16(20)12-6-10-14(18)8-5-9-15(19)11-7-13-17(21)23-4-2/h3-13H2,1-2H3. The van der Waals surface area contributed by atoms with E-state index >= 15 is 0 Å². The van der Waals surface area contributed by atoms with Crippen LogP contribution in [-0.2, 0) is 28.7 Å². The summed E-state index contributed by atoms with van der Waals surface area (Å²) in [5, 5.41) is 0. The molecule has 0 amide bonds. The molecule has 0 bridgehead atoms. The van der Waals surface area contributed by atoms with Gasteiger partial charge in [-0.15, -0.1) is 0 Å². The molecule has 0 aliphatic heterocycles. The molecule has 0 aliphatic carbocycles. The summed E-state index contributed by atoms with van der Waals surface area (Å²) in [6, 6.07) is 0. The summed E-state index contributed by atoms with van der Waals surface area (Å²) in [6.07, 6.45) is 3.41. The van der Waals surface area contributed by atoms with Gasteiger partial charge in [0.25, 0.3) is 0 Å². The third-order valence-corrected chi connectivity index (χ3v) is 3.19. The molecule has 0 fully saturated rings. The maximum atomic E-state index is 11.6. The highest BCUT2D eigenvalue weighted by Gasteiger charge is 2.09. The van der Waals surface area contributed by atoms with E-state index in [2.05, 4.69) is 0 Å². The Hall–Kier alpha value is -1.72. The topological polar surface area (TPSA) is 86.7 Å². The predicted octanol–water partition coefficient (Wildman–Crippen LogP) is 2.76. The average Bonchev–Trinajstić information content (AvgIpc) is 2.47. The van der Waals surface area contributed by atoms with E-state index in [1.807, 2.05) is 0 Å². The third-order valence-electron chi connectivity index (χ3n) is 3.19. The minimum atomic E-state index is -0.280. The Labute approximate surface area is 137 Å². The second kappa shape index (κ2) is 13.9. The zero-order valence-corrected chi connectivity index (χ0v) is 14.2. The van der Waals surface area contributed by atoms with Gasteiger partial charge in [-0.2, -0.15) is 0 Å². The van der Waals surface area contributed by atoms with Crippen LogP contribution in [-0.4, -0.2) is 36.7 Å². The van der Waals surface area contributed by atoms with Crippen molar-refractivity contribution in [1.29, 1.82) is 0 Å². The molecule has 0 aliphatic rings. The van der Waals surface area contributed by atoms with Crippen LogP contribution in [0, 0.1) is 0 Å². The summed E-state index contributed by atoms with van der Waals surface area (Å²) in [5.41, 5.74) is 0. The Morgan fingerprint density at radius 1 is 0.565 bits per heavy atom. The SMILES string of the molecule is CCOC(=O)CCCC(=O)CCCC(=O)CCCC(=O)OCC. The third kappa shape index (κ3) is 13.7. The van der Waals surface area contributed by atoms with Crippen LogP contribution in [0.3, 0.4) is 0 Å². The van der Waals surface area contributed by atoms with E-state index in [4.69, 9.17) is 9.47 Å². The molecule has 132 valence electrons. The molecular weight excluding hydrogens is 300 g/mol. The molecule has 0 rings (SSSR count). The van der Waals surface area contributed by atoms with E-state index in [1.165, 1.54) is 0 Å². The minimum Gasteiger partial charge on any atom is -0.466 e. The number of hydrogen-bond acceptors (Lipinski definition) is 6. The predicted molar refractivity (Wildman–Crippen MR) is 84.8 cm³/mol. The fourth-order valence-corrected chi connectivity index (χ4v) is 2.06. The van der Waals surface area contributed by atoms with Gasteiger partial charge in [-0.1, -0.05) is 0 Å². The Morgan fingerprint density at radius 2 is 0.870 bits per heavy atom. The van der Waals surface area contributed by atoms with Gasteiger partial charge in [-0.3, -0.25) is 19.2 Å². The summed E-state index contributed by atoms with van der Waals surface area (Å²) >= 11 is 0. The van der Waals surface area contributed by atoms with Crippen LogP contribution < -0.4 is 0 Å². The van der Waals surface area contributed by atoms with Crippen molar-refractivity contribution in [2.45, 2.75) is 71.6 Å². The van der Waals surface area contributed by atoms with E-state index in [1.54, 1.807) is 13.8 Å². The highest BCUT2D eigenvalue weighted by Crippen LogP contribution is 2.08. The molecule has 0 unspecified atom stereocenters. The lowest BCUT2D eigenvalue weighted by Gasteiger charge is -2.03. The van der Waals surface area contributed by atoms with Crippen LogP contribution in [0.1, 0.15) is 71.6 Å². The second-order valence-electron chi connectivity index (χ2n) is 5.25. The smallest absolute Gasteiger partial charge is 0.305 e. The summed E-state index contributed by atoms with van der Waals surface area (Å²) < 4.78 is 9.56. The van der Waals surface area contributed by atoms with E-state index in [9.17, 15) is 19.2 Å². The average molecular weight is 328 g/mol. The lowest BCUT2D eigenvalue weighted by atomic mass is 10.0. The van der Waals surface area contributed by atoms with Gasteiger partial charge >= 0.3 is 11.9 Å². The minimum absolute atomic E-state index is 0.0635. The first-order chi connectivity index (χ1) is 11.0. The van der Waals surface area contributed by atoms with Crippen LogP contribution in [0.5, 0.6) is 0 Å². The quantitative estimate of drug-likeness (QED) is 0.456. The molecule has 0 saturated carbocycles. The van der Waals surface area contributed by atoms with E-state index in [0.717, 1.165) is 0 Å². The van der Waals surface area contributed by atoms with Crippen molar-refractivity contribution in [3.8, 4) is 0 Å². The number of rotatable bonds is 14. The Kier molecular flexibility index (Phi) is 12.9. The first kappa shape index (κ1) is 21.3. The highest BCUT2D eigenvalue weighted by atomic mass is 16.5. The molecule has 0 atom stereocenters. The number of carbonyl (C=O) groups excluding carboxylic acids is 4.